The maximum Gasteiger partial charge on any atom is 0.252 e. The van der Waals surface area contributed by atoms with Gasteiger partial charge in [0.05, 0.1) is 6.04 Å². The first kappa shape index (κ1) is 16.3. The number of rotatable bonds is 5. The van der Waals surface area contributed by atoms with Crippen LogP contribution in [0.4, 0.5) is 0 Å². The first-order valence-corrected chi connectivity index (χ1v) is 7.90. The van der Waals surface area contributed by atoms with Crippen LogP contribution in [0.15, 0.2) is 48.5 Å². The van der Waals surface area contributed by atoms with Crippen molar-refractivity contribution in [3.63, 3.8) is 0 Å². The highest BCUT2D eigenvalue weighted by Crippen LogP contribution is 2.22. The molecule has 116 valence electrons. The van der Waals surface area contributed by atoms with Gasteiger partial charge in [-0.3, -0.25) is 4.79 Å². The van der Waals surface area contributed by atoms with E-state index in [0.29, 0.717) is 5.92 Å². The third-order valence-electron chi connectivity index (χ3n) is 3.85. The Morgan fingerprint density at radius 1 is 1.05 bits per heavy atom. The fraction of sp³-hybridized carbons (Fsp3) is 0.350. The zero-order chi connectivity index (χ0) is 16.1. The lowest BCUT2D eigenvalue weighted by Crippen LogP contribution is -2.30. The van der Waals surface area contributed by atoms with Crippen molar-refractivity contribution in [1.29, 1.82) is 0 Å². The van der Waals surface area contributed by atoms with Crippen molar-refractivity contribution in [2.45, 2.75) is 40.2 Å². The lowest BCUT2D eigenvalue weighted by atomic mass is 9.96. The fourth-order valence-electron chi connectivity index (χ4n) is 2.65. The Balaban J connectivity index is 2.23. The van der Waals surface area contributed by atoms with Crippen LogP contribution in [0.25, 0.3) is 0 Å². The average Bonchev–Trinajstić information content (AvgIpc) is 2.49. The summed E-state index contributed by atoms with van der Waals surface area (Å²) in [6, 6.07) is 16.3. The van der Waals surface area contributed by atoms with E-state index in [1.54, 1.807) is 0 Å². The summed E-state index contributed by atoms with van der Waals surface area (Å²) in [5.74, 6) is 0.528. The van der Waals surface area contributed by atoms with Gasteiger partial charge < -0.3 is 5.32 Å². The van der Waals surface area contributed by atoms with Gasteiger partial charge in [0.1, 0.15) is 0 Å². The lowest BCUT2D eigenvalue weighted by Gasteiger charge is -2.22. The Hall–Kier alpha value is -2.09. The van der Waals surface area contributed by atoms with Crippen LogP contribution in [0.5, 0.6) is 0 Å². The molecule has 0 spiro atoms. The number of benzene rings is 2. The van der Waals surface area contributed by atoms with Crippen molar-refractivity contribution in [3.8, 4) is 0 Å². The molecular formula is C20H25NO. The van der Waals surface area contributed by atoms with Gasteiger partial charge in [-0.15, -0.1) is 0 Å². The molecule has 0 radical (unpaired) electrons. The van der Waals surface area contributed by atoms with Crippen LogP contribution in [0.1, 0.15) is 53.4 Å². The van der Waals surface area contributed by atoms with Crippen LogP contribution in [0.3, 0.4) is 0 Å². The number of carbonyl (C=O) groups is 1. The van der Waals surface area contributed by atoms with E-state index in [4.69, 9.17) is 0 Å². The standard InChI is InChI=1S/C20H25NO/c1-14(2)12-19(17-8-6-5-7-9-17)21-20(22)18-13-15(3)10-11-16(18)4/h5-11,13-14,19H,12H2,1-4H3,(H,21,22). The number of amides is 1. The molecule has 0 saturated carbocycles. The molecule has 1 unspecified atom stereocenters. The number of hydrogen-bond donors (Lipinski definition) is 1. The van der Waals surface area contributed by atoms with Gasteiger partial charge in [-0.25, -0.2) is 0 Å². The van der Waals surface area contributed by atoms with E-state index in [-0.39, 0.29) is 11.9 Å². The molecule has 2 aromatic carbocycles. The van der Waals surface area contributed by atoms with Crippen LogP contribution in [0.2, 0.25) is 0 Å². The number of carbonyl (C=O) groups excluding carboxylic acids is 1. The van der Waals surface area contributed by atoms with E-state index in [0.717, 1.165) is 28.7 Å². The molecule has 2 aromatic rings. The fourth-order valence-corrected chi connectivity index (χ4v) is 2.65. The number of hydrogen-bond acceptors (Lipinski definition) is 1. The van der Waals surface area contributed by atoms with Gasteiger partial charge in [0.15, 0.2) is 0 Å². The topological polar surface area (TPSA) is 29.1 Å². The first-order valence-electron chi connectivity index (χ1n) is 7.90. The Labute approximate surface area is 133 Å². The summed E-state index contributed by atoms with van der Waals surface area (Å²) in [6.07, 6.45) is 0.931. The SMILES string of the molecule is Cc1ccc(C)c(C(=O)NC(CC(C)C)c2ccccc2)c1. The van der Waals surface area contributed by atoms with E-state index >= 15 is 0 Å². The van der Waals surface area contributed by atoms with Crippen molar-refractivity contribution in [1.82, 2.24) is 5.32 Å². The number of nitrogens with one attached hydrogen (secondary N) is 1. The molecule has 22 heavy (non-hydrogen) atoms. The van der Waals surface area contributed by atoms with Crippen LogP contribution >= 0.6 is 0 Å². The third-order valence-corrected chi connectivity index (χ3v) is 3.85. The molecule has 0 saturated heterocycles. The van der Waals surface area contributed by atoms with Crippen molar-refractivity contribution >= 4 is 5.91 Å². The molecule has 2 heteroatoms. The first-order chi connectivity index (χ1) is 10.5. The highest BCUT2D eigenvalue weighted by molar-refractivity contribution is 5.96. The van der Waals surface area contributed by atoms with E-state index in [9.17, 15) is 4.79 Å². The van der Waals surface area contributed by atoms with Crippen molar-refractivity contribution < 1.29 is 4.79 Å². The third kappa shape index (κ3) is 4.20. The highest BCUT2D eigenvalue weighted by Gasteiger charge is 2.18. The minimum atomic E-state index is 0.00991. The average molecular weight is 295 g/mol. The Morgan fingerprint density at radius 3 is 2.36 bits per heavy atom. The Bertz CT molecular complexity index is 631. The van der Waals surface area contributed by atoms with Gasteiger partial charge in [0, 0.05) is 5.56 Å². The summed E-state index contributed by atoms with van der Waals surface area (Å²) in [6.45, 7) is 8.35. The molecule has 0 aliphatic heterocycles. The Kier molecular flexibility index (Phi) is 5.37. The predicted octanol–water partition coefficient (Wildman–Crippen LogP) is 4.82. The van der Waals surface area contributed by atoms with Crippen LogP contribution in [-0.4, -0.2) is 5.91 Å². The smallest absolute Gasteiger partial charge is 0.252 e. The largest absolute Gasteiger partial charge is 0.345 e. The molecule has 1 atom stereocenters. The van der Waals surface area contributed by atoms with Gasteiger partial charge in [0.2, 0.25) is 0 Å². The molecule has 0 heterocycles. The molecule has 0 aliphatic carbocycles. The van der Waals surface area contributed by atoms with E-state index < -0.39 is 0 Å². The minimum absolute atomic E-state index is 0.00991. The summed E-state index contributed by atoms with van der Waals surface area (Å²) in [7, 11) is 0. The molecule has 1 N–H and O–H groups in total. The predicted molar refractivity (Wildman–Crippen MR) is 92.0 cm³/mol. The maximum absolute atomic E-state index is 12.7. The summed E-state index contributed by atoms with van der Waals surface area (Å²) in [5.41, 5.74) is 4.05. The molecule has 0 aromatic heterocycles. The minimum Gasteiger partial charge on any atom is -0.345 e. The van der Waals surface area contributed by atoms with Gasteiger partial charge >= 0.3 is 0 Å². The van der Waals surface area contributed by atoms with Crippen LogP contribution < -0.4 is 5.32 Å². The molecule has 1 amide bonds. The second-order valence-electron chi connectivity index (χ2n) is 6.38. The molecular weight excluding hydrogens is 270 g/mol. The van der Waals surface area contributed by atoms with Gasteiger partial charge in [-0.05, 0) is 43.4 Å². The summed E-state index contributed by atoms with van der Waals surface area (Å²) < 4.78 is 0. The van der Waals surface area contributed by atoms with E-state index in [1.165, 1.54) is 0 Å². The molecule has 2 rings (SSSR count). The Morgan fingerprint density at radius 2 is 1.73 bits per heavy atom. The second-order valence-corrected chi connectivity index (χ2v) is 6.38. The highest BCUT2D eigenvalue weighted by atomic mass is 16.1. The van der Waals surface area contributed by atoms with E-state index in [1.807, 2.05) is 50.2 Å². The molecule has 2 nitrogen and oxygen atoms in total. The van der Waals surface area contributed by atoms with Crippen molar-refractivity contribution in [2.75, 3.05) is 0 Å². The van der Waals surface area contributed by atoms with Crippen molar-refractivity contribution in [2.24, 2.45) is 5.92 Å². The van der Waals surface area contributed by atoms with Crippen LogP contribution in [0, 0.1) is 19.8 Å². The monoisotopic (exact) mass is 295 g/mol. The van der Waals surface area contributed by atoms with Gasteiger partial charge in [-0.1, -0.05) is 61.9 Å². The second kappa shape index (κ2) is 7.26. The maximum atomic E-state index is 12.7. The van der Waals surface area contributed by atoms with Gasteiger partial charge in [0.25, 0.3) is 5.91 Å². The quantitative estimate of drug-likeness (QED) is 0.841. The summed E-state index contributed by atoms with van der Waals surface area (Å²) >= 11 is 0. The lowest BCUT2D eigenvalue weighted by molar-refractivity contribution is 0.0931. The number of aryl methyl sites for hydroxylation is 2. The van der Waals surface area contributed by atoms with E-state index in [2.05, 4.69) is 31.3 Å². The molecule has 0 aliphatic rings. The van der Waals surface area contributed by atoms with Crippen LogP contribution in [-0.2, 0) is 0 Å². The molecule has 0 fully saturated rings. The molecule has 0 bridgehead atoms. The summed E-state index contributed by atoms with van der Waals surface area (Å²) in [5, 5.41) is 3.21. The van der Waals surface area contributed by atoms with Crippen molar-refractivity contribution in [3.05, 3.63) is 70.8 Å². The zero-order valence-electron chi connectivity index (χ0n) is 13.9. The normalized spacial score (nSPS) is 12.2. The van der Waals surface area contributed by atoms with Gasteiger partial charge in [-0.2, -0.15) is 0 Å². The summed E-state index contributed by atoms with van der Waals surface area (Å²) in [4.78, 5) is 12.7. The zero-order valence-corrected chi connectivity index (χ0v) is 13.9.